The van der Waals surface area contributed by atoms with E-state index in [1.807, 2.05) is 36.4 Å². The summed E-state index contributed by atoms with van der Waals surface area (Å²) in [6, 6.07) is 12.2. The third-order valence-corrected chi connectivity index (χ3v) is 3.92. The van der Waals surface area contributed by atoms with Crippen molar-refractivity contribution in [3.63, 3.8) is 0 Å². The van der Waals surface area contributed by atoms with Gasteiger partial charge in [-0.15, -0.1) is 0 Å². The standard InChI is InChI=1S/C17H22N4O/c18-14-9-13(10-14)16-11-17(21-12-20-16)19-7-4-8-22-15-5-2-1-3-6-15/h1-3,5-6,11-14H,4,7-10,18H2,(H,19,20,21). The fourth-order valence-corrected chi connectivity index (χ4v) is 2.59. The van der Waals surface area contributed by atoms with Crippen LogP contribution in [0, 0.1) is 0 Å². The number of anilines is 1. The Morgan fingerprint density at radius 2 is 2.00 bits per heavy atom. The van der Waals surface area contributed by atoms with Crippen molar-refractivity contribution in [1.82, 2.24) is 9.97 Å². The SMILES string of the molecule is NC1CC(c2cc(NCCCOc3ccccc3)ncn2)C1. The minimum absolute atomic E-state index is 0.339. The van der Waals surface area contributed by atoms with E-state index in [1.54, 1.807) is 6.33 Å². The second-order valence-corrected chi connectivity index (χ2v) is 5.70. The Kier molecular flexibility index (Phi) is 4.85. The van der Waals surface area contributed by atoms with Crippen LogP contribution in [-0.4, -0.2) is 29.2 Å². The van der Waals surface area contributed by atoms with Crippen LogP contribution in [0.25, 0.3) is 0 Å². The van der Waals surface area contributed by atoms with Crippen LogP contribution in [0.3, 0.4) is 0 Å². The average Bonchev–Trinajstić information content (AvgIpc) is 2.53. The summed E-state index contributed by atoms with van der Waals surface area (Å²) in [7, 11) is 0. The summed E-state index contributed by atoms with van der Waals surface area (Å²) in [5.74, 6) is 2.29. The Hall–Kier alpha value is -2.14. The summed E-state index contributed by atoms with van der Waals surface area (Å²) in [6.07, 6.45) is 4.60. The number of hydrogen-bond donors (Lipinski definition) is 2. The molecular weight excluding hydrogens is 276 g/mol. The van der Waals surface area contributed by atoms with Gasteiger partial charge in [-0.2, -0.15) is 0 Å². The maximum absolute atomic E-state index is 5.83. The van der Waals surface area contributed by atoms with Crippen LogP contribution in [0.15, 0.2) is 42.7 Å². The van der Waals surface area contributed by atoms with E-state index in [4.69, 9.17) is 10.5 Å². The second kappa shape index (κ2) is 7.22. The van der Waals surface area contributed by atoms with Crippen LogP contribution < -0.4 is 15.8 Å². The van der Waals surface area contributed by atoms with Crippen LogP contribution in [0.2, 0.25) is 0 Å². The molecule has 1 aliphatic rings. The van der Waals surface area contributed by atoms with E-state index in [0.29, 0.717) is 18.6 Å². The number of para-hydroxylation sites is 1. The molecule has 1 heterocycles. The normalized spacial score (nSPS) is 20.2. The Morgan fingerprint density at radius 3 is 2.77 bits per heavy atom. The highest BCUT2D eigenvalue weighted by atomic mass is 16.5. The van der Waals surface area contributed by atoms with Gasteiger partial charge in [0, 0.05) is 30.3 Å². The van der Waals surface area contributed by atoms with Crippen molar-refractivity contribution in [3.05, 3.63) is 48.4 Å². The largest absolute Gasteiger partial charge is 0.494 e. The second-order valence-electron chi connectivity index (χ2n) is 5.70. The molecule has 3 rings (SSSR count). The number of nitrogens with one attached hydrogen (secondary N) is 1. The molecule has 2 aromatic rings. The van der Waals surface area contributed by atoms with Gasteiger partial charge >= 0.3 is 0 Å². The van der Waals surface area contributed by atoms with E-state index in [0.717, 1.165) is 43.1 Å². The van der Waals surface area contributed by atoms with Crippen molar-refractivity contribution in [1.29, 1.82) is 0 Å². The molecule has 1 aromatic heterocycles. The molecule has 116 valence electrons. The number of nitrogens with two attached hydrogens (primary N) is 1. The molecule has 5 heteroatoms. The molecule has 3 N–H and O–H groups in total. The van der Waals surface area contributed by atoms with E-state index < -0.39 is 0 Å². The van der Waals surface area contributed by atoms with E-state index in [9.17, 15) is 0 Å². The first-order chi connectivity index (χ1) is 10.8. The third kappa shape index (κ3) is 3.95. The number of ether oxygens (including phenoxy) is 1. The summed E-state index contributed by atoms with van der Waals surface area (Å²) < 4.78 is 5.66. The quantitative estimate of drug-likeness (QED) is 0.769. The van der Waals surface area contributed by atoms with E-state index in [1.165, 1.54) is 0 Å². The molecule has 22 heavy (non-hydrogen) atoms. The third-order valence-electron chi connectivity index (χ3n) is 3.92. The molecule has 1 aromatic carbocycles. The summed E-state index contributed by atoms with van der Waals surface area (Å²) in [5, 5.41) is 3.32. The highest BCUT2D eigenvalue weighted by Gasteiger charge is 2.28. The van der Waals surface area contributed by atoms with Gasteiger partial charge in [-0.1, -0.05) is 18.2 Å². The summed E-state index contributed by atoms with van der Waals surface area (Å²) >= 11 is 0. The van der Waals surface area contributed by atoms with Crippen molar-refractivity contribution in [2.45, 2.75) is 31.2 Å². The molecule has 0 saturated heterocycles. The van der Waals surface area contributed by atoms with Gasteiger partial charge in [-0.05, 0) is 31.4 Å². The number of rotatable bonds is 7. The van der Waals surface area contributed by atoms with Gasteiger partial charge in [0.2, 0.25) is 0 Å². The van der Waals surface area contributed by atoms with Gasteiger partial charge in [-0.25, -0.2) is 9.97 Å². The summed E-state index contributed by atoms with van der Waals surface area (Å²) in [6.45, 7) is 1.51. The first-order valence-corrected chi connectivity index (χ1v) is 7.80. The van der Waals surface area contributed by atoms with Gasteiger partial charge in [0.15, 0.2) is 0 Å². The molecule has 0 atom stereocenters. The lowest BCUT2D eigenvalue weighted by atomic mass is 9.79. The Labute approximate surface area is 130 Å². The first kappa shape index (κ1) is 14.8. The minimum Gasteiger partial charge on any atom is -0.494 e. The molecule has 0 radical (unpaired) electrons. The molecule has 1 saturated carbocycles. The highest BCUT2D eigenvalue weighted by molar-refractivity contribution is 5.36. The molecule has 0 spiro atoms. The molecule has 0 amide bonds. The predicted molar refractivity (Wildman–Crippen MR) is 87.0 cm³/mol. The van der Waals surface area contributed by atoms with Crippen LogP contribution in [0.5, 0.6) is 5.75 Å². The topological polar surface area (TPSA) is 73.1 Å². The zero-order valence-corrected chi connectivity index (χ0v) is 12.6. The number of nitrogens with zero attached hydrogens (tertiary/aromatic N) is 2. The van der Waals surface area contributed by atoms with Gasteiger partial charge in [-0.3, -0.25) is 0 Å². The van der Waals surface area contributed by atoms with Crippen molar-refractivity contribution in [2.75, 3.05) is 18.5 Å². The van der Waals surface area contributed by atoms with Crippen molar-refractivity contribution in [3.8, 4) is 5.75 Å². The number of hydrogen-bond acceptors (Lipinski definition) is 5. The number of benzene rings is 1. The monoisotopic (exact) mass is 298 g/mol. The maximum Gasteiger partial charge on any atom is 0.129 e. The fraction of sp³-hybridized carbons (Fsp3) is 0.412. The van der Waals surface area contributed by atoms with E-state index in [2.05, 4.69) is 15.3 Å². The Morgan fingerprint density at radius 1 is 1.18 bits per heavy atom. The first-order valence-electron chi connectivity index (χ1n) is 7.80. The molecule has 1 aliphatic carbocycles. The summed E-state index contributed by atoms with van der Waals surface area (Å²) in [5.41, 5.74) is 6.93. The van der Waals surface area contributed by atoms with Crippen LogP contribution >= 0.6 is 0 Å². The van der Waals surface area contributed by atoms with Gasteiger partial charge < -0.3 is 15.8 Å². The highest BCUT2D eigenvalue weighted by Crippen LogP contribution is 2.34. The van der Waals surface area contributed by atoms with Crippen LogP contribution in [0.4, 0.5) is 5.82 Å². The minimum atomic E-state index is 0.339. The van der Waals surface area contributed by atoms with Crippen LogP contribution in [0.1, 0.15) is 30.9 Å². The van der Waals surface area contributed by atoms with Gasteiger partial charge in [0.25, 0.3) is 0 Å². The van der Waals surface area contributed by atoms with Gasteiger partial charge in [0.1, 0.15) is 17.9 Å². The van der Waals surface area contributed by atoms with Gasteiger partial charge in [0.05, 0.1) is 6.61 Å². The van der Waals surface area contributed by atoms with Crippen LogP contribution in [-0.2, 0) is 0 Å². The Balaban J connectivity index is 1.39. The molecule has 0 bridgehead atoms. The smallest absolute Gasteiger partial charge is 0.129 e. The average molecular weight is 298 g/mol. The zero-order valence-electron chi connectivity index (χ0n) is 12.6. The lowest BCUT2D eigenvalue weighted by Crippen LogP contribution is -2.35. The van der Waals surface area contributed by atoms with E-state index >= 15 is 0 Å². The number of aromatic nitrogens is 2. The molecule has 0 unspecified atom stereocenters. The lowest BCUT2D eigenvalue weighted by molar-refractivity contribution is 0.315. The summed E-state index contributed by atoms with van der Waals surface area (Å²) in [4.78, 5) is 8.61. The molecule has 0 aliphatic heterocycles. The zero-order chi connectivity index (χ0) is 15.2. The molecule has 5 nitrogen and oxygen atoms in total. The van der Waals surface area contributed by atoms with Crippen molar-refractivity contribution >= 4 is 5.82 Å². The molecular formula is C17H22N4O. The Bertz CT molecular complexity index is 584. The molecule has 1 fully saturated rings. The maximum atomic E-state index is 5.83. The van der Waals surface area contributed by atoms with Crippen molar-refractivity contribution < 1.29 is 4.74 Å². The van der Waals surface area contributed by atoms with Crippen molar-refractivity contribution in [2.24, 2.45) is 5.73 Å². The fourth-order valence-electron chi connectivity index (χ4n) is 2.59. The van der Waals surface area contributed by atoms with E-state index in [-0.39, 0.29) is 0 Å². The lowest BCUT2D eigenvalue weighted by Gasteiger charge is -2.31. The predicted octanol–water partition coefficient (Wildman–Crippen LogP) is 2.56.